The molecule has 0 aromatic carbocycles. The van der Waals surface area contributed by atoms with Crippen molar-refractivity contribution in [3.8, 4) is 0 Å². The van der Waals surface area contributed by atoms with Gasteiger partial charge in [0, 0.05) is 6.42 Å². The molecule has 106 valence electrons. The summed E-state index contributed by atoms with van der Waals surface area (Å²) in [5, 5.41) is 10.3. The third-order valence-corrected chi connectivity index (χ3v) is 4.86. The lowest BCUT2D eigenvalue weighted by atomic mass is 9.69. The molecule has 0 aromatic heterocycles. The van der Waals surface area contributed by atoms with E-state index in [4.69, 9.17) is 9.47 Å². The summed E-state index contributed by atoms with van der Waals surface area (Å²) in [6.07, 6.45) is 3.29. The van der Waals surface area contributed by atoms with E-state index >= 15 is 0 Å². The molecule has 4 heteroatoms. The Morgan fingerprint density at radius 2 is 2.21 bits per heavy atom. The van der Waals surface area contributed by atoms with Crippen LogP contribution in [0.1, 0.15) is 40.0 Å². The number of aliphatic hydroxyl groups is 1. The summed E-state index contributed by atoms with van der Waals surface area (Å²) >= 11 is 0. The zero-order valence-electron chi connectivity index (χ0n) is 11.8. The highest BCUT2D eigenvalue weighted by Gasteiger charge is 2.71. The van der Waals surface area contributed by atoms with Crippen molar-refractivity contribution in [1.29, 1.82) is 0 Å². The molecule has 3 fully saturated rings. The molecule has 0 unspecified atom stereocenters. The van der Waals surface area contributed by atoms with E-state index in [-0.39, 0.29) is 23.4 Å². The van der Waals surface area contributed by atoms with Gasteiger partial charge in [0.15, 0.2) is 5.78 Å². The normalized spacial score (nSPS) is 48.2. The highest BCUT2D eigenvalue weighted by atomic mass is 16.6. The van der Waals surface area contributed by atoms with Gasteiger partial charge in [-0.1, -0.05) is 11.6 Å². The molecule has 4 nitrogen and oxygen atoms in total. The Morgan fingerprint density at radius 1 is 1.53 bits per heavy atom. The molecule has 1 saturated carbocycles. The van der Waals surface area contributed by atoms with E-state index in [1.165, 1.54) is 5.57 Å². The van der Waals surface area contributed by atoms with Crippen molar-refractivity contribution in [3.63, 3.8) is 0 Å². The largest absolute Gasteiger partial charge is 0.385 e. The van der Waals surface area contributed by atoms with Gasteiger partial charge in [-0.25, -0.2) is 0 Å². The summed E-state index contributed by atoms with van der Waals surface area (Å²) in [6.45, 7) is 6.77. The topological polar surface area (TPSA) is 62.4 Å². The third-order valence-electron chi connectivity index (χ3n) is 4.86. The maximum Gasteiger partial charge on any atom is 0.161 e. The number of carbonyl (C=O) groups is 1. The maximum absolute atomic E-state index is 11.8. The summed E-state index contributed by atoms with van der Waals surface area (Å²) in [5.74, 6) is -0.277. The van der Waals surface area contributed by atoms with Gasteiger partial charge in [0.1, 0.15) is 17.3 Å². The molecule has 3 aliphatic rings. The first-order valence-electron chi connectivity index (χ1n) is 7.05. The fourth-order valence-electron chi connectivity index (χ4n) is 3.54. The first-order chi connectivity index (χ1) is 8.89. The zero-order valence-corrected chi connectivity index (χ0v) is 11.8. The van der Waals surface area contributed by atoms with Crippen LogP contribution >= 0.6 is 0 Å². The van der Waals surface area contributed by atoms with Crippen LogP contribution in [0.5, 0.6) is 0 Å². The minimum absolute atomic E-state index is 0.0659. The van der Waals surface area contributed by atoms with Gasteiger partial charge in [-0.2, -0.15) is 0 Å². The molecule has 3 rings (SSSR count). The Labute approximate surface area is 113 Å². The number of Topliss-reactive ketones (excluding diaryl/α,β-unsaturated/α-hetero) is 1. The lowest BCUT2D eigenvalue weighted by Gasteiger charge is -2.35. The van der Waals surface area contributed by atoms with Gasteiger partial charge < -0.3 is 14.6 Å². The van der Waals surface area contributed by atoms with Crippen LogP contribution in [0.25, 0.3) is 0 Å². The number of hydrogen-bond acceptors (Lipinski definition) is 4. The van der Waals surface area contributed by atoms with Crippen molar-refractivity contribution in [1.82, 2.24) is 0 Å². The third kappa shape index (κ3) is 2.06. The molecule has 0 aromatic rings. The Kier molecular flexibility index (Phi) is 2.89. The van der Waals surface area contributed by atoms with Crippen LogP contribution in [-0.4, -0.2) is 40.9 Å². The molecule has 5 atom stereocenters. The van der Waals surface area contributed by atoms with Gasteiger partial charge in [0.05, 0.1) is 18.6 Å². The summed E-state index contributed by atoms with van der Waals surface area (Å²) in [6, 6.07) is 0. The van der Waals surface area contributed by atoms with Gasteiger partial charge in [0.25, 0.3) is 0 Å². The Bertz CT molecular complexity index is 433. The minimum atomic E-state index is -0.932. The SMILES string of the molecule is CC(C)=CC[C@H]1O[C@]1(C)[C@H]1[C@H](O)C(=O)CC[C@]12CO2. The minimum Gasteiger partial charge on any atom is -0.385 e. The number of hydrogen-bond donors (Lipinski definition) is 1. The fourth-order valence-corrected chi connectivity index (χ4v) is 3.54. The number of epoxide rings is 2. The van der Waals surface area contributed by atoms with E-state index in [0.29, 0.717) is 13.0 Å². The van der Waals surface area contributed by atoms with E-state index < -0.39 is 11.7 Å². The van der Waals surface area contributed by atoms with Gasteiger partial charge in [0.2, 0.25) is 0 Å². The molecular formula is C15H22O4. The van der Waals surface area contributed by atoms with Gasteiger partial charge >= 0.3 is 0 Å². The molecule has 0 bridgehead atoms. The molecule has 2 aliphatic heterocycles. The van der Waals surface area contributed by atoms with Crippen LogP contribution in [0.2, 0.25) is 0 Å². The zero-order chi connectivity index (χ0) is 13.8. The standard InChI is InChI=1S/C15H22O4/c1-9(2)4-5-11-14(3,19-11)13-12(17)10(16)6-7-15(13)8-18-15/h4,11-13,17H,5-8H2,1-3H3/t11-,12-,13-,14+,15+/m1/s1. The van der Waals surface area contributed by atoms with Crippen LogP contribution in [-0.2, 0) is 14.3 Å². The average molecular weight is 266 g/mol. The van der Waals surface area contributed by atoms with E-state index in [1.54, 1.807) is 0 Å². The number of ketones is 1. The van der Waals surface area contributed by atoms with Crippen molar-refractivity contribution in [2.45, 2.75) is 63.4 Å². The Morgan fingerprint density at radius 3 is 2.79 bits per heavy atom. The van der Waals surface area contributed by atoms with E-state index in [1.807, 2.05) is 6.92 Å². The van der Waals surface area contributed by atoms with Crippen molar-refractivity contribution in [2.75, 3.05) is 6.61 Å². The van der Waals surface area contributed by atoms with Crippen LogP contribution in [0.15, 0.2) is 11.6 Å². The van der Waals surface area contributed by atoms with E-state index in [9.17, 15) is 9.90 Å². The van der Waals surface area contributed by atoms with E-state index in [2.05, 4.69) is 19.9 Å². The predicted molar refractivity (Wildman–Crippen MR) is 69.7 cm³/mol. The van der Waals surface area contributed by atoms with E-state index in [0.717, 1.165) is 12.8 Å². The van der Waals surface area contributed by atoms with Crippen LogP contribution in [0.4, 0.5) is 0 Å². The highest BCUT2D eigenvalue weighted by molar-refractivity contribution is 5.85. The molecular weight excluding hydrogens is 244 g/mol. The maximum atomic E-state index is 11.8. The predicted octanol–water partition coefficient (Wildman–Crippen LogP) is 1.61. The molecule has 1 aliphatic carbocycles. The molecule has 0 radical (unpaired) electrons. The second-order valence-corrected chi connectivity index (χ2v) is 6.55. The highest BCUT2D eigenvalue weighted by Crippen LogP contribution is 2.58. The number of carbonyl (C=O) groups excluding carboxylic acids is 1. The fraction of sp³-hybridized carbons (Fsp3) is 0.800. The first kappa shape index (κ1) is 13.3. The molecule has 1 N–H and O–H groups in total. The average Bonchev–Trinajstić information content (AvgIpc) is 3.22. The van der Waals surface area contributed by atoms with Gasteiger partial charge in [-0.3, -0.25) is 4.79 Å². The van der Waals surface area contributed by atoms with Gasteiger partial charge in [-0.05, 0) is 33.6 Å². The number of aliphatic hydroxyl groups excluding tert-OH is 1. The molecule has 2 heterocycles. The van der Waals surface area contributed by atoms with Crippen LogP contribution in [0.3, 0.4) is 0 Å². The Hall–Kier alpha value is -0.710. The Balaban J connectivity index is 1.77. The lowest BCUT2D eigenvalue weighted by Crippen LogP contribution is -2.52. The second kappa shape index (κ2) is 4.14. The number of ether oxygens (including phenoxy) is 2. The summed E-state index contributed by atoms with van der Waals surface area (Å²) in [7, 11) is 0. The van der Waals surface area contributed by atoms with Gasteiger partial charge in [-0.15, -0.1) is 0 Å². The van der Waals surface area contributed by atoms with Crippen molar-refractivity contribution in [3.05, 3.63) is 11.6 Å². The summed E-state index contributed by atoms with van der Waals surface area (Å²) in [4.78, 5) is 11.8. The van der Waals surface area contributed by atoms with Crippen molar-refractivity contribution in [2.24, 2.45) is 5.92 Å². The molecule has 1 spiro atoms. The van der Waals surface area contributed by atoms with Crippen molar-refractivity contribution >= 4 is 5.78 Å². The molecule has 0 amide bonds. The smallest absolute Gasteiger partial charge is 0.161 e. The second-order valence-electron chi connectivity index (χ2n) is 6.55. The van der Waals surface area contributed by atoms with Crippen molar-refractivity contribution < 1.29 is 19.4 Å². The summed E-state index contributed by atoms with van der Waals surface area (Å²) in [5.41, 5.74) is 0.537. The summed E-state index contributed by atoms with van der Waals surface area (Å²) < 4.78 is 11.5. The lowest BCUT2D eigenvalue weighted by molar-refractivity contribution is -0.139. The van der Waals surface area contributed by atoms with Crippen LogP contribution in [0, 0.1) is 5.92 Å². The number of allylic oxidation sites excluding steroid dienone is 1. The van der Waals surface area contributed by atoms with Crippen LogP contribution < -0.4 is 0 Å². The first-order valence-corrected chi connectivity index (χ1v) is 7.05. The monoisotopic (exact) mass is 266 g/mol. The quantitative estimate of drug-likeness (QED) is 0.622. The molecule has 2 saturated heterocycles. The molecule has 19 heavy (non-hydrogen) atoms. The number of rotatable bonds is 3.